The van der Waals surface area contributed by atoms with Gasteiger partial charge in [0, 0.05) is 38.2 Å². The summed E-state index contributed by atoms with van der Waals surface area (Å²) in [6, 6.07) is 6.24. The molecule has 2 N–H and O–H groups in total. The van der Waals surface area contributed by atoms with Gasteiger partial charge in [-0.05, 0) is 52.7 Å². The number of ether oxygens (including phenoxy) is 1. The van der Waals surface area contributed by atoms with Crippen molar-refractivity contribution in [2.24, 2.45) is 7.05 Å². The summed E-state index contributed by atoms with van der Waals surface area (Å²) >= 11 is 0. The largest absolute Gasteiger partial charge is 0.444 e. The average Bonchev–Trinajstić information content (AvgIpc) is 3.36. The summed E-state index contributed by atoms with van der Waals surface area (Å²) in [5.74, 6) is 5.48. The number of aromatic nitrogens is 4. The van der Waals surface area contributed by atoms with Crippen molar-refractivity contribution in [3.63, 3.8) is 0 Å². The number of hydrogen-bond donors (Lipinski definition) is 2. The molecule has 13 heteroatoms. The molecule has 1 aromatic carbocycles. The molecule has 13 nitrogen and oxygen atoms in total. The van der Waals surface area contributed by atoms with Crippen LogP contribution in [0.15, 0.2) is 33.9 Å². The topological polar surface area (TPSA) is 150 Å². The van der Waals surface area contributed by atoms with Crippen molar-refractivity contribution in [2.45, 2.75) is 78.6 Å². The highest BCUT2D eigenvalue weighted by atomic mass is 16.6. The van der Waals surface area contributed by atoms with E-state index in [9.17, 15) is 24.0 Å². The standard InChI is InChI=1S/C31H39N7O6/c1-7-9-17-37-25-26(34-28(37)36-16-12-13-20(18-36)32-29(42)44-31(3,4)5)35(6)30(43)38(27(25)41)19-23(39)21-14-10-11-15-22(21)33-24(40)8-2/h10-11,14-15,20H,8,12-13,16-19H2,1-6H3,(H,32,42)(H,33,40)/t20-/m0/s1. The number of carbonyl (C=O) groups is 3. The van der Waals surface area contributed by atoms with Crippen LogP contribution < -0.4 is 26.8 Å². The van der Waals surface area contributed by atoms with Gasteiger partial charge in [-0.3, -0.25) is 28.1 Å². The van der Waals surface area contributed by atoms with E-state index >= 15 is 0 Å². The first-order valence-electron chi connectivity index (χ1n) is 14.6. The van der Waals surface area contributed by atoms with Crippen molar-refractivity contribution in [3.05, 3.63) is 50.7 Å². The monoisotopic (exact) mass is 605 g/mol. The van der Waals surface area contributed by atoms with Crippen molar-refractivity contribution in [1.82, 2.24) is 24.0 Å². The Morgan fingerprint density at radius 2 is 1.86 bits per heavy atom. The van der Waals surface area contributed by atoms with Crippen LogP contribution in [0.1, 0.15) is 64.2 Å². The van der Waals surface area contributed by atoms with E-state index in [1.54, 1.807) is 63.5 Å². The molecular weight excluding hydrogens is 566 g/mol. The fraction of sp³-hybridized carbons (Fsp3) is 0.484. The minimum absolute atomic E-state index is 0.121. The Kier molecular flexibility index (Phi) is 9.62. The third-order valence-corrected chi connectivity index (χ3v) is 7.18. The number of carbonyl (C=O) groups excluding carboxylic acids is 3. The van der Waals surface area contributed by atoms with Crippen LogP contribution in [-0.2, 0) is 29.7 Å². The maximum absolute atomic E-state index is 13.9. The highest BCUT2D eigenvalue weighted by molar-refractivity contribution is 6.04. The fourth-order valence-corrected chi connectivity index (χ4v) is 5.10. The number of anilines is 2. The van der Waals surface area contributed by atoms with Crippen LogP contribution in [-0.4, -0.2) is 61.2 Å². The minimum atomic E-state index is -0.702. The van der Waals surface area contributed by atoms with E-state index in [0.29, 0.717) is 24.7 Å². The summed E-state index contributed by atoms with van der Waals surface area (Å²) in [6.07, 6.45) is 1.19. The van der Waals surface area contributed by atoms with E-state index in [-0.39, 0.29) is 41.6 Å². The molecule has 234 valence electrons. The number of Topliss-reactive ketones (excluding diaryl/α,β-unsaturated/α-hetero) is 1. The van der Waals surface area contributed by atoms with Gasteiger partial charge in [-0.15, -0.1) is 5.92 Å². The molecule has 0 radical (unpaired) electrons. The Labute approximate surface area is 255 Å². The first-order valence-corrected chi connectivity index (χ1v) is 14.6. The molecular formula is C31H39N7O6. The smallest absolute Gasteiger partial charge is 0.407 e. The number of hydrogen-bond acceptors (Lipinski definition) is 8. The molecule has 2 amide bonds. The highest BCUT2D eigenvalue weighted by Gasteiger charge is 2.29. The number of amides is 2. The molecule has 1 atom stereocenters. The van der Waals surface area contributed by atoms with Crippen LogP contribution in [0.4, 0.5) is 16.4 Å². The summed E-state index contributed by atoms with van der Waals surface area (Å²) in [5.41, 5.74) is -1.23. The van der Waals surface area contributed by atoms with E-state index in [0.717, 1.165) is 17.4 Å². The maximum atomic E-state index is 13.9. The molecule has 4 rings (SSSR count). The molecule has 0 unspecified atom stereocenters. The van der Waals surface area contributed by atoms with Gasteiger partial charge in [0.05, 0.1) is 18.8 Å². The molecule has 0 bridgehead atoms. The molecule has 3 heterocycles. The molecule has 44 heavy (non-hydrogen) atoms. The third kappa shape index (κ3) is 7.02. The lowest BCUT2D eigenvalue weighted by Gasteiger charge is -2.34. The van der Waals surface area contributed by atoms with Crippen LogP contribution in [0.5, 0.6) is 0 Å². The quantitative estimate of drug-likeness (QED) is 0.294. The summed E-state index contributed by atoms with van der Waals surface area (Å²) in [7, 11) is 1.50. The Morgan fingerprint density at radius 3 is 2.55 bits per heavy atom. The van der Waals surface area contributed by atoms with Gasteiger partial charge < -0.3 is 20.3 Å². The number of ketones is 1. The summed E-state index contributed by atoms with van der Waals surface area (Å²) in [6.45, 7) is 9.36. The van der Waals surface area contributed by atoms with Crippen molar-refractivity contribution in [1.29, 1.82) is 0 Å². The molecule has 0 saturated carbocycles. The van der Waals surface area contributed by atoms with Crippen molar-refractivity contribution in [3.8, 4) is 11.8 Å². The highest BCUT2D eigenvalue weighted by Crippen LogP contribution is 2.24. The summed E-state index contributed by atoms with van der Waals surface area (Å²) in [5, 5.41) is 5.61. The zero-order valence-corrected chi connectivity index (χ0v) is 26.0. The van der Waals surface area contributed by atoms with Crippen LogP contribution >= 0.6 is 0 Å². The molecule has 1 saturated heterocycles. The SMILES string of the molecule is CC#CCn1c(N2CCC[C@H](NC(=O)OC(C)(C)C)C2)nc2c1c(=O)n(CC(=O)c1ccccc1NC(=O)CC)c(=O)n2C. The van der Waals surface area contributed by atoms with E-state index in [2.05, 4.69) is 22.5 Å². The third-order valence-electron chi connectivity index (χ3n) is 7.18. The Balaban J connectivity index is 1.74. The van der Waals surface area contributed by atoms with Crippen LogP contribution in [0, 0.1) is 11.8 Å². The number of piperidine rings is 1. The van der Waals surface area contributed by atoms with E-state index in [1.807, 2.05) is 4.90 Å². The number of aryl methyl sites for hydroxylation is 1. The Morgan fingerprint density at radius 1 is 1.14 bits per heavy atom. The Bertz CT molecular complexity index is 1770. The molecule has 1 fully saturated rings. The van der Waals surface area contributed by atoms with Gasteiger partial charge in [0.15, 0.2) is 16.9 Å². The molecule has 0 spiro atoms. The normalized spacial score (nSPS) is 15.0. The number of rotatable bonds is 8. The van der Waals surface area contributed by atoms with Gasteiger partial charge >= 0.3 is 11.8 Å². The lowest BCUT2D eigenvalue weighted by Crippen LogP contribution is -2.49. The average molecular weight is 606 g/mol. The second-order valence-corrected chi connectivity index (χ2v) is 11.6. The zero-order valence-electron chi connectivity index (χ0n) is 26.0. The van der Waals surface area contributed by atoms with Gasteiger partial charge in [-0.25, -0.2) is 9.59 Å². The molecule has 1 aliphatic heterocycles. The Hall–Kier alpha value is -4.86. The number of alkyl carbamates (subject to hydrolysis) is 1. The van der Waals surface area contributed by atoms with E-state index in [1.165, 1.54) is 11.6 Å². The molecule has 0 aliphatic carbocycles. The number of para-hydroxylation sites is 1. The lowest BCUT2D eigenvalue weighted by molar-refractivity contribution is -0.115. The zero-order chi connectivity index (χ0) is 32.2. The van der Waals surface area contributed by atoms with Gasteiger partial charge in [0.1, 0.15) is 5.60 Å². The first-order chi connectivity index (χ1) is 20.8. The number of nitrogens with one attached hydrogen (secondary N) is 2. The second-order valence-electron chi connectivity index (χ2n) is 11.6. The predicted octanol–water partition coefficient (Wildman–Crippen LogP) is 2.64. The molecule has 1 aliphatic rings. The molecule has 2 aromatic heterocycles. The van der Waals surface area contributed by atoms with Crippen LogP contribution in [0.3, 0.4) is 0 Å². The van der Waals surface area contributed by atoms with Gasteiger partial charge in [-0.1, -0.05) is 25.0 Å². The van der Waals surface area contributed by atoms with E-state index in [4.69, 9.17) is 9.72 Å². The number of imidazole rings is 1. The first kappa shape index (κ1) is 32.1. The number of nitrogens with zero attached hydrogens (tertiary/aromatic N) is 5. The predicted molar refractivity (Wildman–Crippen MR) is 167 cm³/mol. The number of fused-ring (bicyclic) bond motifs is 1. The second kappa shape index (κ2) is 13.2. The maximum Gasteiger partial charge on any atom is 0.407 e. The minimum Gasteiger partial charge on any atom is -0.444 e. The van der Waals surface area contributed by atoms with Gasteiger partial charge in [-0.2, -0.15) is 4.98 Å². The summed E-state index contributed by atoms with van der Waals surface area (Å²) < 4.78 is 9.20. The fourth-order valence-electron chi connectivity index (χ4n) is 5.10. The van der Waals surface area contributed by atoms with Crippen molar-refractivity contribution < 1.29 is 19.1 Å². The van der Waals surface area contributed by atoms with Crippen LogP contribution in [0.25, 0.3) is 11.2 Å². The number of benzene rings is 1. The van der Waals surface area contributed by atoms with E-state index < -0.39 is 35.3 Å². The summed E-state index contributed by atoms with van der Waals surface area (Å²) in [4.78, 5) is 71.9. The van der Waals surface area contributed by atoms with Crippen LogP contribution in [0.2, 0.25) is 0 Å². The van der Waals surface area contributed by atoms with Gasteiger partial charge in [0.25, 0.3) is 5.56 Å². The van der Waals surface area contributed by atoms with Gasteiger partial charge in [0.2, 0.25) is 11.9 Å². The molecule has 3 aromatic rings. The van der Waals surface area contributed by atoms with Crippen molar-refractivity contribution >= 4 is 40.6 Å². The lowest BCUT2D eigenvalue weighted by atomic mass is 10.1. The van der Waals surface area contributed by atoms with Crippen molar-refractivity contribution in [2.75, 3.05) is 23.3 Å².